The summed E-state index contributed by atoms with van der Waals surface area (Å²) < 4.78 is 0. The molecule has 0 bridgehead atoms. The van der Waals surface area contributed by atoms with Gasteiger partial charge in [0.15, 0.2) is 6.29 Å². The molecule has 2 aliphatic heterocycles. The van der Waals surface area contributed by atoms with Gasteiger partial charge < -0.3 is 5.32 Å². The number of nitrogens with one attached hydrogen (secondary N) is 1. The molecule has 6 heteroatoms. The molecule has 2 aliphatic rings. The van der Waals surface area contributed by atoms with Crippen LogP contribution in [-0.4, -0.2) is 47.4 Å². The molecule has 0 aromatic heterocycles. The fourth-order valence-electron chi connectivity index (χ4n) is 2.93. The van der Waals surface area contributed by atoms with Crippen LogP contribution in [0.15, 0.2) is 24.3 Å². The van der Waals surface area contributed by atoms with Crippen LogP contribution in [0, 0.1) is 0 Å². The Morgan fingerprint density at radius 3 is 2.24 bits per heavy atom. The lowest BCUT2D eigenvalue weighted by Crippen LogP contribution is -2.53. The highest BCUT2D eigenvalue weighted by atomic mass is 16.2. The Morgan fingerprint density at radius 2 is 1.76 bits per heavy atom. The molecule has 2 amide bonds. The van der Waals surface area contributed by atoms with Gasteiger partial charge in [0, 0.05) is 6.54 Å². The highest BCUT2D eigenvalue weighted by Crippen LogP contribution is 2.27. The molecule has 2 heterocycles. The molecule has 108 valence electrons. The van der Waals surface area contributed by atoms with Gasteiger partial charge in [0.25, 0.3) is 11.8 Å². The van der Waals surface area contributed by atoms with Crippen molar-refractivity contribution >= 4 is 23.9 Å². The van der Waals surface area contributed by atoms with Gasteiger partial charge in [-0.2, -0.15) is 0 Å². The average molecular weight is 286 g/mol. The van der Waals surface area contributed by atoms with Gasteiger partial charge in [0.2, 0.25) is 5.78 Å². The number of benzene rings is 1. The van der Waals surface area contributed by atoms with E-state index in [1.165, 1.54) is 4.90 Å². The molecular weight excluding hydrogens is 272 g/mol. The second-order valence-corrected chi connectivity index (χ2v) is 5.24. The quantitative estimate of drug-likeness (QED) is 0.486. The molecule has 3 rings (SSSR count). The summed E-state index contributed by atoms with van der Waals surface area (Å²) in [6.07, 6.45) is 1.26. The topological polar surface area (TPSA) is 83.6 Å². The number of piperidine rings is 1. The predicted molar refractivity (Wildman–Crippen MR) is 72.8 cm³/mol. The van der Waals surface area contributed by atoms with Gasteiger partial charge in [-0.25, -0.2) is 0 Å². The number of hydrogen-bond donors (Lipinski definition) is 1. The lowest BCUT2D eigenvalue weighted by atomic mass is 9.97. The minimum absolute atomic E-state index is 0.284. The molecule has 6 nitrogen and oxygen atoms in total. The van der Waals surface area contributed by atoms with Crippen molar-refractivity contribution in [3.8, 4) is 0 Å². The van der Waals surface area contributed by atoms with E-state index in [2.05, 4.69) is 5.32 Å². The molecule has 1 fully saturated rings. The number of amides is 2. The van der Waals surface area contributed by atoms with E-state index < -0.39 is 11.8 Å². The van der Waals surface area contributed by atoms with Crippen LogP contribution in [0.1, 0.15) is 33.6 Å². The first kappa shape index (κ1) is 13.6. The van der Waals surface area contributed by atoms with Crippen molar-refractivity contribution in [2.75, 3.05) is 6.54 Å². The SMILES string of the molecule is O=CC(=O)C1CCC(N2C(=O)c3ccccc3C2=O)CN1. The van der Waals surface area contributed by atoms with Crippen molar-refractivity contribution in [2.45, 2.75) is 24.9 Å². The Bertz CT molecular complexity index is 597. The van der Waals surface area contributed by atoms with Crippen LogP contribution in [0.3, 0.4) is 0 Å². The molecule has 2 atom stereocenters. The maximum absolute atomic E-state index is 12.3. The van der Waals surface area contributed by atoms with E-state index in [0.717, 1.165) is 0 Å². The number of Topliss-reactive ketones (excluding diaryl/α,β-unsaturated/α-hetero) is 1. The van der Waals surface area contributed by atoms with E-state index in [9.17, 15) is 19.2 Å². The molecule has 0 radical (unpaired) electrons. The van der Waals surface area contributed by atoms with Crippen molar-refractivity contribution < 1.29 is 19.2 Å². The van der Waals surface area contributed by atoms with Gasteiger partial charge >= 0.3 is 0 Å². The Morgan fingerprint density at radius 1 is 1.14 bits per heavy atom. The van der Waals surface area contributed by atoms with Crippen LogP contribution in [0.4, 0.5) is 0 Å². The maximum atomic E-state index is 12.3. The molecule has 0 aliphatic carbocycles. The van der Waals surface area contributed by atoms with Crippen LogP contribution < -0.4 is 5.32 Å². The van der Waals surface area contributed by atoms with E-state index >= 15 is 0 Å². The zero-order valence-electron chi connectivity index (χ0n) is 11.2. The fourth-order valence-corrected chi connectivity index (χ4v) is 2.93. The smallest absolute Gasteiger partial charge is 0.261 e. The third-order valence-corrected chi connectivity index (χ3v) is 4.04. The maximum Gasteiger partial charge on any atom is 0.261 e. The van der Waals surface area contributed by atoms with E-state index in [0.29, 0.717) is 36.8 Å². The van der Waals surface area contributed by atoms with Crippen LogP contribution in [0.5, 0.6) is 0 Å². The number of carbonyl (C=O) groups excluding carboxylic acids is 4. The second kappa shape index (κ2) is 5.21. The molecule has 1 aromatic rings. The van der Waals surface area contributed by atoms with E-state index in [4.69, 9.17) is 0 Å². The molecule has 0 saturated carbocycles. The van der Waals surface area contributed by atoms with Crippen molar-refractivity contribution in [1.29, 1.82) is 0 Å². The molecule has 1 aromatic carbocycles. The van der Waals surface area contributed by atoms with E-state index in [1.807, 2.05) is 0 Å². The largest absolute Gasteiger partial charge is 0.305 e. The van der Waals surface area contributed by atoms with Gasteiger partial charge in [-0.05, 0) is 25.0 Å². The number of fused-ring (bicyclic) bond motifs is 1. The average Bonchev–Trinajstić information content (AvgIpc) is 2.79. The minimum atomic E-state index is -0.506. The van der Waals surface area contributed by atoms with Crippen LogP contribution in [-0.2, 0) is 9.59 Å². The lowest BCUT2D eigenvalue weighted by Gasteiger charge is -2.33. The van der Waals surface area contributed by atoms with Crippen molar-refractivity contribution in [3.05, 3.63) is 35.4 Å². The number of aldehydes is 1. The first-order chi connectivity index (χ1) is 10.1. The molecule has 0 spiro atoms. The Kier molecular flexibility index (Phi) is 3.39. The monoisotopic (exact) mass is 286 g/mol. The molecule has 21 heavy (non-hydrogen) atoms. The summed E-state index contributed by atoms with van der Waals surface area (Å²) in [6, 6.07) is 5.95. The first-order valence-corrected chi connectivity index (χ1v) is 6.83. The molecule has 2 unspecified atom stereocenters. The fraction of sp³-hybridized carbons (Fsp3) is 0.333. The lowest BCUT2D eigenvalue weighted by molar-refractivity contribution is -0.131. The van der Waals surface area contributed by atoms with Gasteiger partial charge in [0.05, 0.1) is 23.2 Å². The number of hydrogen-bond acceptors (Lipinski definition) is 5. The Hall–Kier alpha value is -2.34. The first-order valence-electron chi connectivity index (χ1n) is 6.83. The van der Waals surface area contributed by atoms with Crippen LogP contribution in [0.25, 0.3) is 0 Å². The highest BCUT2D eigenvalue weighted by Gasteiger charge is 2.41. The second-order valence-electron chi connectivity index (χ2n) is 5.24. The summed E-state index contributed by atoms with van der Waals surface area (Å²) in [7, 11) is 0. The van der Waals surface area contributed by atoms with Crippen LogP contribution >= 0.6 is 0 Å². The number of imide groups is 1. The summed E-state index contributed by atoms with van der Waals surface area (Å²) in [6.45, 7) is 0.329. The van der Waals surface area contributed by atoms with Gasteiger partial charge in [-0.15, -0.1) is 0 Å². The number of carbonyl (C=O) groups is 4. The Labute approximate surface area is 121 Å². The van der Waals surface area contributed by atoms with Gasteiger partial charge in [-0.3, -0.25) is 24.1 Å². The summed E-state index contributed by atoms with van der Waals surface area (Å²) in [5.74, 6) is -1.07. The Balaban J connectivity index is 1.76. The standard InChI is InChI=1S/C15H14N2O4/c18-8-13(19)12-6-5-9(7-16-12)17-14(20)10-3-1-2-4-11(10)15(17)21/h1-4,8-9,12,16H,5-7H2. The molecular formula is C15H14N2O4. The highest BCUT2D eigenvalue weighted by molar-refractivity contribution is 6.27. The number of rotatable bonds is 3. The zero-order chi connectivity index (χ0) is 15.0. The van der Waals surface area contributed by atoms with E-state index in [-0.39, 0.29) is 17.9 Å². The van der Waals surface area contributed by atoms with Crippen LogP contribution in [0.2, 0.25) is 0 Å². The summed E-state index contributed by atoms with van der Waals surface area (Å²) in [4.78, 5) is 47.7. The zero-order valence-corrected chi connectivity index (χ0v) is 11.2. The van der Waals surface area contributed by atoms with Crippen molar-refractivity contribution in [1.82, 2.24) is 10.2 Å². The van der Waals surface area contributed by atoms with Gasteiger partial charge in [0.1, 0.15) is 0 Å². The minimum Gasteiger partial charge on any atom is -0.305 e. The molecule has 1 saturated heterocycles. The van der Waals surface area contributed by atoms with Gasteiger partial charge in [-0.1, -0.05) is 12.1 Å². The van der Waals surface area contributed by atoms with Crippen molar-refractivity contribution in [3.63, 3.8) is 0 Å². The number of ketones is 1. The third-order valence-electron chi connectivity index (χ3n) is 4.04. The predicted octanol–water partition coefficient (Wildman–Crippen LogP) is 0.171. The third kappa shape index (κ3) is 2.17. The number of nitrogens with zero attached hydrogens (tertiary/aromatic N) is 1. The van der Waals surface area contributed by atoms with E-state index in [1.54, 1.807) is 24.3 Å². The summed E-state index contributed by atoms with van der Waals surface area (Å²) in [5.41, 5.74) is 0.849. The molecule has 1 N–H and O–H groups in total. The van der Waals surface area contributed by atoms with Crippen molar-refractivity contribution in [2.24, 2.45) is 0 Å². The normalized spacial score (nSPS) is 24.9. The summed E-state index contributed by atoms with van der Waals surface area (Å²) >= 11 is 0. The summed E-state index contributed by atoms with van der Waals surface area (Å²) in [5, 5.41) is 2.94.